The maximum Gasteiger partial charge on any atom is 0.475 e. The van der Waals surface area contributed by atoms with Crippen LogP contribution >= 0.6 is 62.9 Å². The van der Waals surface area contributed by atoms with Gasteiger partial charge in [0.25, 0.3) is 0 Å². The highest BCUT2D eigenvalue weighted by molar-refractivity contribution is 9.13. The first-order chi connectivity index (χ1) is 6.25. The number of halogens is 4. The Kier molecular flexibility index (Phi) is 7.16. The van der Waals surface area contributed by atoms with Crippen LogP contribution in [0.3, 0.4) is 0 Å². The third-order valence-electron chi connectivity index (χ3n) is 0.990. The number of rotatable bonds is 6. The minimum absolute atomic E-state index is 0.185. The average molecular weight is 395 g/mol. The molecular formula is C5H9Br2Cl2O4P. The average Bonchev–Trinajstić information content (AvgIpc) is 2.03. The summed E-state index contributed by atoms with van der Waals surface area (Å²) in [5, 5.41) is -0.935. The first-order valence-electron chi connectivity index (χ1n) is 3.44. The molecular weight excluding hydrogens is 386 g/mol. The Labute approximate surface area is 109 Å². The Morgan fingerprint density at radius 1 is 1.57 bits per heavy atom. The van der Waals surface area contributed by atoms with Gasteiger partial charge in [-0.25, -0.2) is 4.57 Å². The summed E-state index contributed by atoms with van der Waals surface area (Å²) in [6.45, 7) is 1.84. The smallest absolute Gasteiger partial charge is 0.290 e. The number of alkyl halides is 4. The lowest BCUT2D eigenvalue weighted by atomic mass is 10.9. The summed E-state index contributed by atoms with van der Waals surface area (Å²) < 4.78 is 24.5. The summed E-state index contributed by atoms with van der Waals surface area (Å²) in [5.41, 5.74) is 0. The molecule has 0 N–H and O–H groups in total. The van der Waals surface area contributed by atoms with Gasteiger partial charge in [-0.3, -0.25) is 13.6 Å². The van der Waals surface area contributed by atoms with Crippen LogP contribution in [0.5, 0.6) is 0 Å². The molecule has 0 saturated carbocycles. The molecule has 0 rings (SSSR count). The van der Waals surface area contributed by atoms with E-state index in [1.54, 1.807) is 6.92 Å². The van der Waals surface area contributed by atoms with E-state index in [9.17, 15) is 4.57 Å². The van der Waals surface area contributed by atoms with Crippen molar-refractivity contribution in [2.45, 2.75) is 15.2 Å². The Morgan fingerprint density at radius 2 is 2.07 bits per heavy atom. The van der Waals surface area contributed by atoms with E-state index in [4.69, 9.17) is 32.2 Å². The highest BCUT2D eigenvalue weighted by Crippen LogP contribution is 2.54. The van der Waals surface area contributed by atoms with Crippen molar-refractivity contribution in [3.63, 3.8) is 0 Å². The molecule has 0 amide bonds. The second-order valence-corrected chi connectivity index (χ2v) is 8.12. The molecule has 0 aliphatic heterocycles. The van der Waals surface area contributed by atoms with Crippen molar-refractivity contribution >= 4 is 62.9 Å². The number of hydrogen-bond acceptors (Lipinski definition) is 4. The standard InChI is InChI=1S/C5H9Br2Cl2O4P/c1-3-12-14(10,11-2)13-4(6)5(7,8)9/h4H,3H2,1-2H3. The SMILES string of the molecule is CCOP(=O)(OC)OC(Br)C(Cl)(Cl)Br. The topological polar surface area (TPSA) is 44.8 Å². The summed E-state index contributed by atoms with van der Waals surface area (Å²) in [6, 6.07) is 0. The summed E-state index contributed by atoms with van der Waals surface area (Å²) >= 11 is 17.1. The van der Waals surface area contributed by atoms with Crippen LogP contribution in [0.25, 0.3) is 0 Å². The number of phosphoric ester groups is 1. The van der Waals surface area contributed by atoms with Gasteiger partial charge in [-0.15, -0.1) is 0 Å². The highest BCUT2D eigenvalue weighted by atomic mass is 79.9. The maximum atomic E-state index is 11.6. The van der Waals surface area contributed by atoms with Crippen molar-refractivity contribution < 1.29 is 18.1 Å². The molecule has 0 aromatic rings. The fourth-order valence-electron chi connectivity index (χ4n) is 0.457. The fourth-order valence-corrected chi connectivity index (χ4v) is 2.48. The van der Waals surface area contributed by atoms with Gasteiger partial charge >= 0.3 is 7.82 Å². The molecule has 0 aromatic heterocycles. The van der Waals surface area contributed by atoms with E-state index in [1.165, 1.54) is 7.11 Å². The largest absolute Gasteiger partial charge is 0.475 e. The van der Waals surface area contributed by atoms with E-state index in [0.717, 1.165) is 0 Å². The normalized spacial score (nSPS) is 19.0. The second kappa shape index (κ2) is 6.40. The second-order valence-electron chi connectivity index (χ2n) is 2.01. The predicted molar refractivity (Wildman–Crippen MR) is 63.4 cm³/mol. The van der Waals surface area contributed by atoms with E-state index >= 15 is 0 Å². The molecule has 0 bridgehead atoms. The van der Waals surface area contributed by atoms with Crippen molar-refractivity contribution in [1.29, 1.82) is 0 Å². The van der Waals surface area contributed by atoms with Crippen LogP contribution in [0.4, 0.5) is 0 Å². The first kappa shape index (κ1) is 15.7. The van der Waals surface area contributed by atoms with Gasteiger partial charge in [-0.1, -0.05) is 39.1 Å². The predicted octanol–water partition coefficient (Wildman–Crippen LogP) is 4.04. The molecule has 0 saturated heterocycles. The van der Waals surface area contributed by atoms with Crippen LogP contribution in [0, 0.1) is 0 Å². The number of phosphoric acid groups is 1. The molecule has 14 heavy (non-hydrogen) atoms. The van der Waals surface area contributed by atoms with Gasteiger partial charge in [0.15, 0.2) is 5.01 Å². The molecule has 0 fully saturated rings. The van der Waals surface area contributed by atoms with Gasteiger partial charge in [0.1, 0.15) is 0 Å². The van der Waals surface area contributed by atoms with Crippen molar-refractivity contribution in [1.82, 2.24) is 0 Å². The van der Waals surface area contributed by atoms with E-state index < -0.39 is 16.1 Å². The summed E-state index contributed by atoms with van der Waals surface area (Å²) in [6.07, 6.45) is 0. The van der Waals surface area contributed by atoms with Crippen LogP contribution in [0.2, 0.25) is 0 Å². The molecule has 0 spiro atoms. The minimum Gasteiger partial charge on any atom is -0.290 e. The van der Waals surface area contributed by atoms with Gasteiger partial charge in [-0.2, -0.15) is 0 Å². The Balaban J connectivity index is 4.39. The molecule has 2 atom stereocenters. The van der Waals surface area contributed by atoms with Crippen LogP contribution in [0.15, 0.2) is 0 Å². The van der Waals surface area contributed by atoms with Gasteiger partial charge in [0.05, 0.1) is 6.61 Å². The third-order valence-corrected chi connectivity index (χ3v) is 5.60. The van der Waals surface area contributed by atoms with Crippen LogP contribution in [-0.4, -0.2) is 22.0 Å². The third kappa shape index (κ3) is 5.66. The summed E-state index contributed by atoms with van der Waals surface area (Å²) in [7, 11) is -2.40. The molecule has 0 aromatic carbocycles. The zero-order valence-electron chi connectivity index (χ0n) is 7.38. The molecule has 0 aliphatic rings. The molecule has 0 heterocycles. The Morgan fingerprint density at radius 3 is 2.36 bits per heavy atom. The molecule has 0 radical (unpaired) electrons. The van der Waals surface area contributed by atoms with Crippen LogP contribution < -0.4 is 0 Å². The number of hydrogen-bond donors (Lipinski definition) is 0. The van der Waals surface area contributed by atoms with Crippen molar-refractivity contribution in [2.24, 2.45) is 0 Å². The molecule has 0 aliphatic carbocycles. The minimum atomic E-state index is -3.60. The Hall–Kier alpha value is 1.65. The van der Waals surface area contributed by atoms with E-state index in [-0.39, 0.29) is 6.61 Å². The van der Waals surface area contributed by atoms with Gasteiger partial charge < -0.3 is 0 Å². The molecule has 86 valence electrons. The van der Waals surface area contributed by atoms with Gasteiger partial charge in [-0.05, 0) is 22.9 Å². The van der Waals surface area contributed by atoms with Gasteiger partial charge in [0.2, 0.25) is 3.24 Å². The summed E-state index contributed by atoms with van der Waals surface area (Å²) in [5.74, 6) is 0. The monoisotopic (exact) mass is 392 g/mol. The van der Waals surface area contributed by atoms with Crippen molar-refractivity contribution in [3.05, 3.63) is 0 Å². The molecule has 9 heteroatoms. The van der Waals surface area contributed by atoms with Crippen molar-refractivity contribution in [2.75, 3.05) is 13.7 Å². The Bertz CT molecular complexity index is 222. The van der Waals surface area contributed by atoms with Gasteiger partial charge in [0, 0.05) is 7.11 Å². The lowest BCUT2D eigenvalue weighted by molar-refractivity contribution is 0.130. The van der Waals surface area contributed by atoms with Crippen LogP contribution in [0.1, 0.15) is 6.92 Å². The molecule has 4 nitrogen and oxygen atoms in total. The van der Waals surface area contributed by atoms with Crippen LogP contribution in [-0.2, 0) is 18.1 Å². The lowest BCUT2D eigenvalue weighted by Gasteiger charge is -2.23. The first-order valence-corrected chi connectivity index (χ1v) is 7.37. The zero-order valence-corrected chi connectivity index (χ0v) is 13.0. The molecule has 2 unspecified atom stereocenters. The van der Waals surface area contributed by atoms with E-state index in [2.05, 4.69) is 36.4 Å². The van der Waals surface area contributed by atoms with Crippen molar-refractivity contribution in [3.8, 4) is 0 Å². The lowest BCUT2D eigenvalue weighted by Crippen LogP contribution is -2.21. The zero-order chi connectivity index (χ0) is 11.4. The van der Waals surface area contributed by atoms with E-state index in [1.807, 2.05) is 0 Å². The maximum absolute atomic E-state index is 11.6. The summed E-state index contributed by atoms with van der Waals surface area (Å²) in [4.78, 5) is 0. The van der Waals surface area contributed by atoms with E-state index in [0.29, 0.717) is 0 Å². The highest BCUT2D eigenvalue weighted by Gasteiger charge is 2.38. The fraction of sp³-hybridized carbons (Fsp3) is 1.00. The quantitative estimate of drug-likeness (QED) is 0.504.